The van der Waals surface area contributed by atoms with Crippen molar-refractivity contribution in [3.05, 3.63) is 60.4 Å². The molecule has 0 saturated heterocycles. The Morgan fingerprint density at radius 2 is 1.86 bits per heavy atom. The number of rotatable bonds is 7. The third kappa shape index (κ3) is 4.39. The van der Waals surface area contributed by atoms with Crippen molar-refractivity contribution in [1.29, 1.82) is 0 Å². The molecule has 1 heterocycles. The largest absolute Gasteiger partial charge is 0.486 e. The Morgan fingerprint density at radius 3 is 2.62 bits per heavy atom. The van der Waals surface area contributed by atoms with Gasteiger partial charge in [0, 0.05) is 6.04 Å². The molecule has 4 rings (SSSR count). The fraction of sp³-hybridized carbons (Fsp3) is 0.318. The van der Waals surface area contributed by atoms with Gasteiger partial charge in [0.2, 0.25) is 5.91 Å². The number of amides is 1. The lowest BCUT2D eigenvalue weighted by molar-refractivity contribution is -0.141. The summed E-state index contributed by atoms with van der Waals surface area (Å²) in [5.41, 5.74) is 1.67. The van der Waals surface area contributed by atoms with Crippen molar-refractivity contribution in [3.8, 4) is 5.75 Å². The van der Waals surface area contributed by atoms with Crippen molar-refractivity contribution in [1.82, 2.24) is 14.9 Å². The third-order valence-electron chi connectivity index (χ3n) is 5.29. The highest BCUT2D eigenvalue weighted by atomic mass is 16.5. The maximum Gasteiger partial charge on any atom is 0.306 e. The summed E-state index contributed by atoms with van der Waals surface area (Å²) in [4.78, 5) is 28.4. The number of imidazole rings is 1. The van der Waals surface area contributed by atoms with Crippen molar-refractivity contribution < 1.29 is 19.4 Å². The Kier molecular flexibility index (Phi) is 5.46. The van der Waals surface area contributed by atoms with Crippen LogP contribution in [0.5, 0.6) is 5.75 Å². The van der Waals surface area contributed by atoms with Gasteiger partial charge in [0.05, 0.1) is 17.0 Å². The van der Waals surface area contributed by atoms with E-state index in [1.165, 1.54) is 0 Å². The molecule has 1 aliphatic rings. The molecule has 0 unspecified atom stereocenters. The molecule has 0 aliphatic heterocycles. The molecule has 1 aromatic heterocycles. The van der Waals surface area contributed by atoms with E-state index in [-0.39, 0.29) is 31.0 Å². The summed E-state index contributed by atoms with van der Waals surface area (Å²) in [5, 5.41) is 12.1. The first-order chi connectivity index (χ1) is 14.1. The van der Waals surface area contributed by atoms with Gasteiger partial charge in [0.25, 0.3) is 0 Å². The number of hydrogen-bond acceptors (Lipinski definition) is 4. The first kappa shape index (κ1) is 19.0. The predicted octanol–water partition coefficient (Wildman–Crippen LogP) is 2.98. The van der Waals surface area contributed by atoms with Crippen molar-refractivity contribution in [2.75, 3.05) is 0 Å². The van der Waals surface area contributed by atoms with E-state index in [9.17, 15) is 9.59 Å². The number of nitrogens with zero attached hydrogens (tertiary/aromatic N) is 2. The van der Waals surface area contributed by atoms with Crippen molar-refractivity contribution in [3.63, 3.8) is 0 Å². The minimum Gasteiger partial charge on any atom is -0.486 e. The first-order valence-corrected chi connectivity index (χ1v) is 9.74. The Labute approximate surface area is 168 Å². The summed E-state index contributed by atoms with van der Waals surface area (Å²) in [6.45, 7) is 0.360. The number of aromatic nitrogens is 2. The first-order valence-electron chi connectivity index (χ1n) is 9.74. The van der Waals surface area contributed by atoms with Crippen LogP contribution in [-0.2, 0) is 22.7 Å². The van der Waals surface area contributed by atoms with Crippen LogP contribution in [0.3, 0.4) is 0 Å². The van der Waals surface area contributed by atoms with Gasteiger partial charge in [0.1, 0.15) is 24.7 Å². The van der Waals surface area contributed by atoms with E-state index in [0.29, 0.717) is 25.1 Å². The number of para-hydroxylation sites is 3. The van der Waals surface area contributed by atoms with E-state index >= 15 is 0 Å². The number of carboxylic acids is 1. The Hall–Kier alpha value is -3.35. The maximum atomic E-state index is 12.7. The summed E-state index contributed by atoms with van der Waals surface area (Å²) in [7, 11) is 0. The average molecular weight is 393 g/mol. The van der Waals surface area contributed by atoms with E-state index in [1.807, 2.05) is 59.2 Å². The second kappa shape index (κ2) is 8.34. The monoisotopic (exact) mass is 393 g/mol. The second-order valence-corrected chi connectivity index (χ2v) is 7.32. The molecule has 7 nitrogen and oxygen atoms in total. The number of aliphatic carboxylic acids is 1. The Bertz CT molecular complexity index is 1020. The number of fused-ring (bicyclic) bond motifs is 1. The fourth-order valence-corrected chi connectivity index (χ4v) is 3.83. The van der Waals surface area contributed by atoms with E-state index in [4.69, 9.17) is 9.84 Å². The van der Waals surface area contributed by atoms with Crippen molar-refractivity contribution >= 4 is 22.9 Å². The number of benzene rings is 2. The topological polar surface area (TPSA) is 93.5 Å². The molecule has 2 aromatic carbocycles. The SMILES string of the molecule is O=C(Cn1c(COc2ccccc2)nc2ccccc21)N[C@H]1CC[C@@H](C(=O)O)C1. The minimum absolute atomic E-state index is 0.0950. The highest BCUT2D eigenvalue weighted by molar-refractivity contribution is 5.81. The summed E-state index contributed by atoms with van der Waals surface area (Å²) >= 11 is 0. The summed E-state index contributed by atoms with van der Waals surface area (Å²) in [6, 6.07) is 17.0. The van der Waals surface area contributed by atoms with Gasteiger partial charge in [-0.25, -0.2) is 4.98 Å². The summed E-state index contributed by atoms with van der Waals surface area (Å²) < 4.78 is 7.70. The molecule has 0 radical (unpaired) electrons. The van der Waals surface area contributed by atoms with Gasteiger partial charge < -0.3 is 19.7 Å². The van der Waals surface area contributed by atoms with Crippen molar-refractivity contribution in [2.24, 2.45) is 5.92 Å². The zero-order chi connectivity index (χ0) is 20.2. The van der Waals surface area contributed by atoms with Crippen LogP contribution < -0.4 is 10.1 Å². The van der Waals surface area contributed by atoms with Crippen LogP contribution >= 0.6 is 0 Å². The summed E-state index contributed by atoms with van der Waals surface area (Å²) in [5.74, 6) is 0.0957. The van der Waals surface area contributed by atoms with Gasteiger partial charge in [-0.05, 0) is 43.5 Å². The molecule has 1 aliphatic carbocycles. The molecule has 2 atom stereocenters. The zero-order valence-corrected chi connectivity index (χ0v) is 16.0. The molecule has 1 amide bonds. The number of carbonyl (C=O) groups excluding carboxylic acids is 1. The number of ether oxygens (including phenoxy) is 1. The zero-order valence-electron chi connectivity index (χ0n) is 16.0. The fourth-order valence-electron chi connectivity index (χ4n) is 3.83. The van der Waals surface area contributed by atoms with Gasteiger partial charge in [-0.2, -0.15) is 0 Å². The molecule has 1 fully saturated rings. The van der Waals surface area contributed by atoms with E-state index in [0.717, 1.165) is 16.8 Å². The van der Waals surface area contributed by atoms with Crippen molar-refractivity contribution in [2.45, 2.75) is 38.5 Å². The highest BCUT2D eigenvalue weighted by Crippen LogP contribution is 2.26. The predicted molar refractivity (Wildman–Crippen MR) is 107 cm³/mol. The molecule has 0 spiro atoms. The summed E-state index contributed by atoms with van der Waals surface area (Å²) in [6.07, 6.45) is 1.78. The molecule has 0 bridgehead atoms. The molecular weight excluding hydrogens is 370 g/mol. The quantitative estimate of drug-likeness (QED) is 0.644. The molecule has 3 aromatic rings. The van der Waals surface area contributed by atoms with Crippen LogP contribution in [0, 0.1) is 5.92 Å². The van der Waals surface area contributed by atoms with Gasteiger partial charge in [0.15, 0.2) is 0 Å². The standard InChI is InChI=1S/C22H23N3O4/c26-21(23-16-11-10-15(12-16)22(27)28)13-25-19-9-5-4-8-18(19)24-20(25)14-29-17-6-2-1-3-7-17/h1-9,15-16H,10-14H2,(H,23,26)(H,27,28)/t15-,16+/m1/s1. The van der Waals surface area contributed by atoms with Gasteiger partial charge in [-0.3, -0.25) is 9.59 Å². The van der Waals surface area contributed by atoms with Crippen LogP contribution in [-0.4, -0.2) is 32.6 Å². The minimum atomic E-state index is -0.789. The van der Waals surface area contributed by atoms with Gasteiger partial charge in [-0.1, -0.05) is 30.3 Å². The van der Waals surface area contributed by atoms with Crippen LogP contribution in [0.15, 0.2) is 54.6 Å². The van der Waals surface area contributed by atoms with Crippen LogP contribution in [0.2, 0.25) is 0 Å². The lowest BCUT2D eigenvalue weighted by Gasteiger charge is -2.15. The highest BCUT2D eigenvalue weighted by Gasteiger charge is 2.30. The molecule has 2 N–H and O–H groups in total. The third-order valence-corrected chi connectivity index (χ3v) is 5.29. The van der Waals surface area contributed by atoms with Crippen LogP contribution in [0.1, 0.15) is 25.1 Å². The Morgan fingerprint density at radius 1 is 1.10 bits per heavy atom. The lowest BCUT2D eigenvalue weighted by atomic mass is 10.1. The molecular formula is C22H23N3O4. The number of carboxylic acid groups (broad SMARTS) is 1. The number of nitrogens with one attached hydrogen (secondary N) is 1. The Balaban J connectivity index is 1.48. The smallest absolute Gasteiger partial charge is 0.306 e. The van der Waals surface area contributed by atoms with Gasteiger partial charge >= 0.3 is 5.97 Å². The maximum absolute atomic E-state index is 12.7. The molecule has 7 heteroatoms. The number of hydrogen-bond donors (Lipinski definition) is 2. The van der Waals surface area contributed by atoms with Crippen LogP contribution in [0.25, 0.3) is 11.0 Å². The normalized spacial score (nSPS) is 18.6. The average Bonchev–Trinajstić information content (AvgIpc) is 3.32. The van der Waals surface area contributed by atoms with E-state index in [1.54, 1.807) is 0 Å². The van der Waals surface area contributed by atoms with Crippen LogP contribution in [0.4, 0.5) is 0 Å². The molecule has 29 heavy (non-hydrogen) atoms. The molecule has 150 valence electrons. The van der Waals surface area contributed by atoms with Gasteiger partial charge in [-0.15, -0.1) is 0 Å². The second-order valence-electron chi connectivity index (χ2n) is 7.32. The van der Waals surface area contributed by atoms with E-state index in [2.05, 4.69) is 10.3 Å². The lowest BCUT2D eigenvalue weighted by Crippen LogP contribution is -2.36. The molecule has 1 saturated carbocycles. The van der Waals surface area contributed by atoms with E-state index < -0.39 is 5.97 Å². The number of carbonyl (C=O) groups is 2.